The SMILES string of the molecule is CC(C)(C)c1ccccc1Nc1cccc(Br)c1C(N)=S. The summed E-state index contributed by atoms with van der Waals surface area (Å²) < 4.78 is 0.897. The molecule has 110 valence electrons. The molecule has 2 aromatic carbocycles. The second-order valence-electron chi connectivity index (χ2n) is 5.95. The van der Waals surface area contributed by atoms with Crippen molar-refractivity contribution >= 4 is 44.5 Å². The largest absolute Gasteiger partial charge is 0.389 e. The van der Waals surface area contributed by atoms with Gasteiger partial charge in [-0.25, -0.2) is 0 Å². The van der Waals surface area contributed by atoms with E-state index in [4.69, 9.17) is 18.0 Å². The highest BCUT2D eigenvalue weighted by atomic mass is 79.9. The van der Waals surface area contributed by atoms with Gasteiger partial charge in [0, 0.05) is 21.4 Å². The molecule has 0 amide bonds. The number of nitrogens with one attached hydrogen (secondary N) is 1. The Labute approximate surface area is 139 Å². The van der Waals surface area contributed by atoms with Crippen LogP contribution in [-0.4, -0.2) is 4.99 Å². The first-order valence-corrected chi connectivity index (χ1v) is 7.95. The lowest BCUT2D eigenvalue weighted by atomic mass is 9.85. The molecular formula is C17H19BrN2S. The highest BCUT2D eigenvalue weighted by Crippen LogP contribution is 2.33. The highest BCUT2D eigenvalue weighted by Gasteiger charge is 2.18. The van der Waals surface area contributed by atoms with Crippen molar-refractivity contribution in [3.8, 4) is 0 Å². The first-order chi connectivity index (χ1) is 9.80. The summed E-state index contributed by atoms with van der Waals surface area (Å²) in [5.41, 5.74) is 9.97. The summed E-state index contributed by atoms with van der Waals surface area (Å²) in [6.45, 7) is 6.59. The molecule has 0 aliphatic heterocycles. The predicted molar refractivity (Wildman–Crippen MR) is 98.5 cm³/mol. The molecule has 0 saturated carbocycles. The zero-order valence-electron chi connectivity index (χ0n) is 12.4. The quantitative estimate of drug-likeness (QED) is 0.743. The van der Waals surface area contributed by atoms with Crippen LogP contribution in [0, 0.1) is 0 Å². The van der Waals surface area contributed by atoms with Crippen molar-refractivity contribution in [3.63, 3.8) is 0 Å². The molecule has 0 aliphatic rings. The summed E-state index contributed by atoms with van der Waals surface area (Å²) in [6, 6.07) is 14.2. The smallest absolute Gasteiger partial charge is 0.107 e. The summed E-state index contributed by atoms with van der Waals surface area (Å²) >= 11 is 8.68. The maximum Gasteiger partial charge on any atom is 0.107 e. The Kier molecular flexibility index (Phi) is 4.69. The van der Waals surface area contributed by atoms with E-state index in [9.17, 15) is 0 Å². The Morgan fingerprint density at radius 3 is 2.29 bits per heavy atom. The fourth-order valence-electron chi connectivity index (χ4n) is 2.27. The van der Waals surface area contributed by atoms with Crippen LogP contribution in [0.2, 0.25) is 0 Å². The molecule has 0 saturated heterocycles. The van der Waals surface area contributed by atoms with E-state index >= 15 is 0 Å². The van der Waals surface area contributed by atoms with Crippen molar-refractivity contribution in [2.75, 3.05) is 5.32 Å². The van der Waals surface area contributed by atoms with Gasteiger partial charge >= 0.3 is 0 Å². The van der Waals surface area contributed by atoms with Gasteiger partial charge in [-0.1, -0.05) is 57.3 Å². The van der Waals surface area contributed by atoms with Crippen LogP contribution in [-0.2, 0) is 5.41 Å². The van der Waals surface area contributed by atoms with Gasteiger partial charge in [0.05, 0.1) is 0 Å². The number of anilines is 2. The van der Waals surface area contributed by atoms with Crippen LogP contribution < -0.4 is 11.1 Å². The molecule has 2 rings (SSSR count). The lowest BCUT2D eigenvalue weighted by molar-refractivity contribution is 0.592. The van der Waals surface area contributed by atoms with Crippen LogP contribution in [0.4, 0.5) is 11.4 Å². The molecule has 0 aliphatic carbocycles. The zero-order valence-corrected chi connectivity index (χ0v) is 14.8. The van der Waals surface area contributed by atoms with Crippen molar-refractivity contribution in [2.24, 2.45) is 5.73 Å². The summed E-state index contributed by atoms with van der Waals surface area (Å²) in [7, 11) is 0. The van der Waals surface area contributed by atoms with Crippen LogP contribution in [0.25, 0.3) is 0 Å². The normalized spacial score (nSPS) is 11.2. The molecule has 0 aromatic heterocycles. The second-order valence-corrected chi connectivity index (χ2v) is 7.24. The van der Waals surface area contributed by atoms with Gasteiger partial charge in [-0.3, -0.25) is 0 Å². The van der Waals surface area contributed by atoms with Gasteiger partial charge in [0.15, 0.2) is 0 Å². The van der Waals surface area contributed by atoms with E-state index in [-0.39, 0.29) is 5.41 Å². The second kappa shape index (κ2) is 6.16. The van der Waals surface area contributed by atoms with Crippen molar-refractivity contribution in [3.05, 3.63) is 58.1 Å². The summed E-state index contributed by atoms with van der Waals surface area (Å²) in [5.74, 6) is 0. The van der Waals surface area contributed by atoms with E-state index in [1.165, 1.54) is 5.56 Å². The van der Waals surface area contributed by atoms with Crippen molar-refractivity contribution in [2.45, 2.75) is 26.2 Å². The van der Waals surface area contributed by atoms with Gasteiger partial charge < -0.3 is 11.1 Å². The number of thiocarbonyl (C=S) groups is 1. The molecular weight excluding hydrogens is 344 g/mol. The first kappa shape index (κ1) is 16.0. The van der Waals surface area contributed by atoms with E-state index in [2.05, 4.69) is 60.2 Å². The van der Waals surface area contributed by atoms with Gasteiger partial charge in [-0.2, -0.15) is 0 Å². The van der Waals surface area contributed by atoms with Crippen molar-refractivity contribution in [1.29, 1.82) is 0 Å². The molecule has 3 N–H and O–H groups in total. The van der Waals surface area contributed by atoms with Gasteiger partial charge in [0.25, 0.3) is 0 Å². The highest BCUT2D eigenvalue weighted by molar-refractivity contribution is 9.10. The Morgan fingerprint density at radius 2 is 1.67 bits per heavy atom. The minimum absolute atomic E-state index is 0.0546. The fraction of sp³-hybridized carbons (Fsp3) is 0.235. The Balaban J connectivity index is 2.50. The van der Waals surface area contributed by atoms with Crippen LogP contribution in [0.5, 0.6) is 0 Å². The third kappa shape index (κ3) is 3.63. The molecule has 0 bridgehead atoms. The molecule has 2 nitrogen and oxygen atoms in total. The molecule has 2 aromatic rings. The molecule has 0 unspecified atom stereocenters. The molecule has 0 heterocycles. The lowest BCUT2D eigenvalue weighted by Crippen LogP contribution is -2.16. The van der Waals surface area contributed by atoms with Crippen molar-refractivity contribution in [1.82, 2.24) is 0 Å². The van der Waals surface area contributed by atoms with E-state index < -0.39 is 0 Å². The third-order valence-electron chi connectivity index (χ3n) is 3.26. The average Bonchev–Trinajstić information content (AvgIpc) is 2.37. The molecule has 0 atom stereocenters. The van der Waals surface area contributed by atoms with Gasteiger partial charge in [-0.05, 0) is 45.1 Å². The Hall–Kier alpha value is -1.39. The van der Waals surface area contributed by atoms with Crippen LogP contribution in [0.1, 0.15) is 31.9 Å². The topological polar surface area (TPSA) is 38.0 Å². The monoisotopic (exact) mass is 362 g/mol. The van der Waals surface area contributed by atoms with E-state index in [1.54, 1.807) is 0 Å². The van der Waals surface area contributed by atoms with Gasteiger partial charge in [0.1, 0.15) is 4.99 Å². The van der Waals surface area contributed by atoms with Crippen LogP contribution in [0.3, 0.4) is 0 Å². The maximum atomic E-state index is 5.85. The number of hydrogen-bond acceptors (Lipinski definition) is 2. The van der Waals surface area contributed by atoms with Crippen LogP contribution in [0.15, 0.2) is 46.9 Å². The molecule has 0 spiro atoms. The van der Waals surface area contributed by atoms with Gasteiger partial charge in [0.2, 0.25) is 0 Å². The third-order valence-corrected chi connectivity index (χ3v) is 4.13. The average molecular weight is 363 g/mol. The Morgan fingerprint density at radius 1 is 1.05 bits per heavy atom. The number of para-hydroxylation sites is 1. The summed E-state index contributed by atoms with van der Waals surface area (Å²) in [5, 5.41) is 3.47. The first-order valence-electron chi connectivity index (χ1n) is 6.75. The molecule has 0 fully saturated rings. The standard InChI is InChI=1S/C17H19BrN2S/c1-17(2,3)11-7-4-5-9-13(11)20-14-10-6-8-12(18)15(14)16(19)21/h4-10,20H,1-3H3,(H2,19,21). The minimum Gasteiger partial charge on any atom is -0.389 e. The molecule has 0 radical (unpaired) electrons. The summed E-state index contributed by atoms with van der Waals surface area (Å²) in [4.78, 5) is 0.373. The molecule has 21 heavy (non-hydrogen) atoms. The summed E-state index contributed by atoms with van der Waals surface area (Å²) in [6.07, 6.45) is 0. The lowest BCUT2D eigenvalue weighted by Gasteiger charge is -2.24. The molecule has 4 heteroatoms. The maximum absolute atomic E-state index is 5.85. The van der Waals surface area contributed by atoms with Gasteiger partial charge in [-0.15, -0.1) is 0 Å². The number of benzene rings is 2. The number of hydrogen-bond donors (Lipinski definition) is 2. The van der Waals surface area contributed by atoms with Crippen molar-refractivity contribution < 1.29 is 0 Å². The predicted octanol–water partition coefficient (Wildman–Crippen LogP) is 5.12. The fourth-order valence-corrected chi connectivity index (χ4v) is 3.20. The Bertz CT molecular complexity index is 675. The van der Waals surface area contributed by atoms with E-state index in [0.29, 0.717) is 4.99 Å². The van der Waals surface area contributed by atoms with E-state index in [0.717, 1.165) is 21.4 Å². The number of nitrogens with two attached hydrogens (primary N) is 1. The number of halogens is 1. The zero-order chi connectivity index (χ0) is 15.6. The number of rotatable bonds is 3. The van der Waals surface area contributed by atoms with Crippen LogP contribution >= 0.6 is 28.1 Å². The van der Waals surface area contributed by atoms with E-state index in [1.807, 2.05) is 24.3 Å². The minimum atomic E-state index is 0.0546.